The van der Waals surface area contributed by atoms with E-state index in [9.17, 15) is 13.2 Å². The number of carbonyl (C=O) groups excluding carboxylic acids is 1. The van der Waals surface area contributed by atoms with Gasteiger partial charge in [-0.05, 0) is 55.3 Å². The van der Waals surface area contributed by atoms with Crippen molar-refractivity contribution >= 4 is 21.6 Å². The normalized spacial score (nSPS) is 12.1. The maximum atomic E-state index is 13.2. The second-order valence-corrected chi connectivity index (χ2v) is 9.91. The van der Waals surface area contributed by atoms with E-state index in [0.717, 1.165) is 22.3 Å². The van der Waals surface area contributed by atoms with Gasteiger partial charge in [-0.25, -0.2) is 8.42 Å². The monoisotopic (exact) mass is 470 g/mol. The SMILES string of the molecule is Cc1ccc(C(NC(=O)c2cccc(NS(=O)(=O)c3ccc(C)cc3)c2)c2ccccc2)cc1. The van der Waals surface area contributed by atoms with Crippen molar-refractivity contribution in [1.29, 1.82) is 0 Å². The number of hydrogen-bond donors (Lipinski definition) is 2. The van der Waals surface area contributed by atoms with Crippen LogP contribution in [-0.2, 0) is 10.0 Å². The third-order valence-electron chi connectivity index (χ3n) is 5.53. The molecular formula is C28H26N2O3S. The van der Waals surface area contributed by atoms with Crippen LogP contribution in [0.15, 0.2) is 108 Å². The third-order valence-corrected chi connectivity index (χ3v) is 6.92. The van der Waals surface area contributed by atoms with Gasteiger partial charge >= 0.3 is 0 Å². The molecule has 4 aromatic rings. The van der Waals surface area contributed by atoms with Gasteiger partial charge in [-0.2, -0.15) is 0 Å². The van der Waals surface area contributed by atoms with Crippen molar-refractivity contribution in [3.05, 3.63) is 131 Å². The third kappa shape index (κ3) is 5.53. The standard InChI is InChI=1S/C28H26N2O3S/c1-20-11-15-23(16-12-20)27(22-7-4-3-5-8-22)29-28(31)24-9-6-10-25(19-24)30-34(32,33)26-17-13-21(2)14-18-26/h3-19,27,30H,1-2H3,(H,29,31). The minimum Gasteiger partial charge on any atom is -0.341 e. The van der Waals surface area contributed by atoms with Crippen LogP contribution in [0, 0.1) is 13.8 Å². The molecule has 1 unspecified atom stereocenters. The molecule has 0 aromatic heterocycles. The Morgan fingerprint density at radius 2 is 1.29 bits per heavy atom. The summed E-state index contributed by atoms with van der Waals surface area (Å²) in [6.07, 6.45) is 0. The Labute approximate surface area is 200 Å². The van der Waals surface area contributed by atoms with E-state index in [0.29, 0.717) is 11.3 Å². The molecule has 0 aliphatic rings. The predicted molar refractivity (Wildman–Crippen MR) is 135 cm³/mol. The summed E-state index contributed by atoms with van der Waals surface area (Å²) in [6.45, 7) is 3.91. The fourth-order valence-electron chi connectivity index (χ4n) is 3.63. The fourth-order valence-corrected chi connectivity index (χ4v) is 4.68. The Bertz CT molecular complexity index is 1380. The molecule has 34 heavy (non-hydrogen) atoms. The van der Waals surface area contributed by atoms with Gasteiger partial charge in [0.1, 0.15) is 0 Å². The van der Waals surface area contributed by atoms with Gasteiger partial charge in [0.05, 0.1) is 10.9 Å². The Balaban J connectivity index is 1.58. The number of anilines is 1. The molecular weight excluding hydrogens is 444 g/mol. The van der Waals surface area contributed by atoms with Crippen LogP contribution in [0.5, 0.6) is 0 Å². The van der Waals surface area contributed by atoms with Gasteiger partial charge in [-0.15, -0.1) is 0 Å². The number of hydrogen-bond acceptors (Lipinski definition) is 3. The number of amides is 1. The van der Waals surface area contributed by atoms with Gasteiger partial charge in [0.25, 0.3) is 15.9 Å². The van der Waals surface area contributed by atoms with Gasteiger partial charge < -0.3 is 5.32 Å². The van der Waals surface area contributed by atoms with Crippen molar-refractivity contribution in [1.82, 2.24) is 5.32 Å². The molecule has 172 valence electrons. The number of aryl methyl sites for hydroxylation is 2. The quantitative estimate of drug-likeness (QED) is 0.368. The molecule has 6 heteroatoms. The molecule has 1 atom stereocenters. The molecule has 1 amide bonds. The van der Waals surface area contributed by atoms with Crippen molar-refractivity contribution < 1.29 is 13.2 Å². The van der Waals surface area contributed by atoms with Crippen LogP contribution in [0.25, 0.3) is 0 Å². The number of rotatable bonds is 7. The molecule has 0 aliphatic heterocycles. The first-order valence-electron chi connectivity index (χ1n) is 10.9. The first kappa shape index (κ1) is 23.3. The van der Waals surface area contributed by atoms with E-state index in [1.54, 1.807) is 42.5 Å². The average Bonchev–Trinajstić information content (AvgIpc) is 2.84. The summed E-state index contributed by atoms with van der Waals surface area (Å²) in [5.74, 6) is -0.300. The van der Waals surface area contributed by atoms with Crippen LogP contribution in [0.3, 0.4) is 0 Å². The molecule has 0 heterocycles. The Kier molecular flexibility index (Phi) is 6.80. The lowest BCUT2D eigenvalue weighted by molar-refractivity contribution is 0.0943. The van der Waals surface area contributed by atoms with Crippen LogP contribution < -0.4 is 10.0 Å². The zero-order valence-corrected chi connectivity index (χ0v) is 19.8. The lowest BCUT2D eigenvalue weighted by Crippen LogP contribution is -2.29. The highest BCUT2D eigenvalue weighted by Gasteiger charge is 2.19. The van der Waals surface area contributed by atoms with Crippen molar-refractivity contribution in [2.75, 3.05) is 4.72 Å². The molecule has 0 radical (unpaired) electrons. The summed E-state index contributed by atoms with van der Waals surface area (Å²) >= 11 is 0. The molecule has 0 saturated carbocycles. The van der Waals surface area contributed by atoms with Crippen molar-refractivity contribution in [2.45, 2.75) is 24.8 Å². The van der Waals surface area contributed by atoms with Crippen LogP contribution >= 0.6 is 0 Å². The molecule has 0 spiro atoms. The average molecular weight is 471 g/mol. The van der Waals surface area contributed by atoms with E-state index in [-0.39, 0.29) is 16.8 Å². The maximum absolute atomic E-state index is 13.2. The Morgan fingerprint density at radius 1 is 0.706 bits per heavy atom. The second kappa shape index (κ2) is 9.93. The predicted octanol–water partition coefficient (Wildman–Crippen LogP) is 5.62. The Morgan fingerprint density at radius 3 is 1.94 bits per heavy atom. The highest BCUT2D eigenvalue weighted by molar-refractivity contribution is 7.92. The largest absolute Gasteiger partial charge is 0.341 e. The van der Waals surface area contributed by atoms with Gasteiger partial charge in [0.15, 0.2) is 0 Å². The van der Waals surface area contributed by atoms with Gasteiger partial charge in [-0.1, -0.05) is 83.9 Å². The lowest BCUT2D eigenvalue weighted by Gasteiger charge is -2.20. The van der Waals surface area contributed by atoms with Gasteiger partial charge in [-0.3, -0.25) is 9.52 Å². The number of nitrogens with one attached hydrogen (secondary N) is 2. The van der Waals surface area contributed by atoms with Crippen LogP contribution in [0.1, 0.15) is 38.7 Å². The summed E-state index contributed by atoms with van der Waals surface area (Å²) < 4.78 is 28.1. The maximum Gasteiger partial charge on any atom is 0.261 e. The minimum absolute atomic E-state index is 0.163. The van der Waals surface area contributed by atoms with E-state index < -0.39 is 10.0 Å². The minimum atomic E-state index is -3.77. The van der Waals surface area contributed by atoms with Gasteiger partial charge in [0, 0.05) is 11.3 Å². The van der Waals surface area contributed by atoms with Crippen molar-refractivity contribution in [3.8, 4) is 0 Å². The topological polar surface area (TPSA) is 75.3 Å². The summed E-state index contributed by atoms with van der Waals surface area (Å²) in [5, 5.41) is 3.10. The summed E-state index contributed by atoms with van der Waals surface area (Å²) in [4.78, 5) is 13.4. The summed E-state index contributed by atoms with van der Waals surface area (Å²) in [7, 11) is -3.77. The molecule has 0 bridgehead atoms. The molecule has 4 aromatic carbocycles. The first-order valence-corrected chi connectivity index (χ1v) is 12.4. The molecule has 2 N–H and O–H groups in total. The summed E-state index contributed by atoms with van der Waals surface area (Å²) in [5.41, 5.74) is 4.70. The van der Waals surface area contributed by atoms with E-state index in [1.807, 2.05) is 68.4 Å². The molecule has 5 nitrogen and oxygen atoms in total. The number of carbonyl (C=O) groups is 1. The summed E-state index contributed by atoms with van der Waals surface area (Å²) in [6, 6.07) is 30.5. The van der Waals surface area contributed by atoms with Crippen LogP contribution in [-0.4, -0.2) is 14.3 Å². The molecule has 0 aliphatic carbocycles. The molecule has 4 rings (SSSR count). The highest BCUT2D eigenvalue weighted by Crippen LogP contribution is 2.24. The van der Waals surface area contributed by atoms with E-state index in [2.05, 4.69) is 10.0 Å². The van der Waals surface area contributed by atoms with E-state index in [4.69, 9.17) is 0 Å². The first-order chi connectivity index (χ1) is 16.3. The highest BCUT2D eigenvalue weighted by atomic mass is 32.2. The number of benzene rings is 4. The fraction of sp³-hybridized carbons (Fsp3) is 0.107. The molecule has 0 fully saturated rings. The van der Waals surface area contributed by atoms with Crippen molar-refractivity contribution in [2.24, 2.45) is 0 Å². The van der Waals surface area contributed by atoms with Gasteiger partial charge in [0.2, 0.25) is 0 Å². The van der Waals surface area contributed by atoms with Crippen LogP contribution in [0.2, 0.25) is 0 Å². The number of sulfonamides is 1. The zero-order chi connectivity index (χ0) is 24.1. The molecule has 0 saturated heterocycles. The van der Waals surface area contributed by atoms with Crippen LogP contribution in [0.4, 0.5) is 5.69 Å². The second-order valence-electron chi connectivity index (χ2n) is 8.23. The zero-order valence-electron chi connectivity index (χ0n) is 19.0. The lowest BCUT2D eigenvalue weighted by atomic mass is 9.97. The van der Waals surface area contributed by atoms with E-state index >= 15 is 0 Å². The van der Waals surface area contributed by atoms with Crippen molar-refractivity contribution in [3.63, 3.8) is 0 Å². The smallest absolute Gasteiger partial charge is 0.261 e. The van der Waals surface area contributed by atoms with E-state index in [1.165, 1.54) is 6.07 Å². The Hall–Kier alpha value is -3.90.